The first-order valence-corrected chi connectivity index (χ1v) is 5.75. The number of rotatable bonds is 3. The van der Waals surface area contributed by atoms with Gasteiger partial charge in [0.15, 0.2) is 0 Å². The molecular formula is C16H16O2. The van der Waals surface area contributed by atoms with Gasteiger partial charge < -0.3 is 9.84 Å². The topological polar surface area (TPSA) is 29.5 Å². The fraction of sp³-hybridized carbons (Fsp3) is 0.125. The summed E-state index contributed by atoms with van der Waals surface area (Å²) in [6, 6.07) is 13.4. The number of hydrogen-bond donors (Lipinski definition) is 1. The zero-order valence-electron chi connectivity index (χ0n) is 10.6. The highest BCUT2D eigenvalue weighted by molar-refractivity contribution is 5.82. The van der Waals surface area contributed by atoms with Crippen LogP contribution in [0.25, 0.3) is 5.57 Å². The van der Waals surface area contributed by atoms with E-state index in [2.05, 4.69) is 6.58 Å². The molecule has 0 heterocycles. The molecule has 0 amide bonds. The highest BCUT2D eigenvalue weighted by Crippen LogP contribution is 2.34. The zero-order chi connectivity index (χ0) is 13.1. The summed E-state index contributed by atoms with van der Waals surface area (Å²) in [6.45, 7) is 5.90. The summed E-state index contributed by atoms with van der Waals surface area (Å²) < 4.78 is 5.22. The molecule has 92 valence electrons. The van der Waals surface area contributed by atoms with E-state index in [-0.39, 0.29) is 5.75 Å². The van der Waals surface area contributed by atoms with E-state index in [0.717, 1.165) is 22.4 Å². The molecule has 0 bridgehead atoms. The molecule has 0 aromatic heterocycles. The molecule has 0 fully saturated rings. The standard InChI is InChI=1S/C16H16O2/c1-11-9-14(18-3)10-15(16(11)17)12(2)13-7-5-4-6-8-13/h4-10,17H,2H2,1,3H3. The van der Waals surface area contributed by atoms with Crippen LogP contribution in [0.2, 0.25) is 0 Å². The molecule has 0 spiro atoms. The van der Waals surface area contributed by atoms with E-state index in [1.54, 1.807) is 19.2 Å². The number of methoxy groups -OCH3 is 1. The van der Waals surface area contributed by atoms with Gasteiger partial charge in [0.2, 0.25) is 0 Å². The van der Waals surface area contributed by atoms with Gasteiger partial charge in [0.1, 0.15) is 11.5 Å². The second kappa shape index (κ2) is 4.96. The van der Waals surface area contributed by atoms with E-state index >= 15 is 0 Å². The number of aryl methyl sites for hydroxylation is 1. The van der Waals surface area contributed by atoms with Crippen LogP contribution in [0.15, 0.2) is 49.0 Å². The lowest BCUT2D eigenvalue weighted by molar-refractivity contribution is 0.411. The minimum atomic E-state index is 0.254. The predicted molar refractivity (Wildman–Crippen MR) is 74.0 cm³/mol. The van der Waals surface area contributed by atoms with Crippen molar-refractivity contribution in [3.63, 3.8) is 0 Å². The number of aromatic hydroxyl groups is 1. The summed E-state index contributed by atoms with van der Waals surface area (Å²) in [4.78, 5) is 0. The van der Waals surface area contributed by atoms with Gasteiger partial charge in [-0.05, 0) is 35.8 Å². The van der Waals surface area contributed by atoms with Crippen molar-refractivity contribution in [2.45, 2.75) is 6.92 Å². The summed E-state index contributed by atoms with van der Waals surface area (Å²) >= 11 is 0. The van der Waals surface area contributed by atoms with Gasteiger partial charge in [0.25, 0.3) is 0 Å². The minimum Gasteiger partial charge on any atom is -0.507 e. The van der Waals surface area contributed by atoms with Crippen molar-refractivity contribution < 1.29 is 9.84 Å². The van der Waals surface area contributed by atoms with Crippen LogP contribution < -0.4 is 4.74 Å². The molecule has 2 heteroatoms. The lowest BCUT2D eigenvalue weighted by atomic mass is 9.97. The van der Waals surface area contributed by atoms with E-state index in [9.17, 15) is 5.11 Å². The third-order valence-corrected chi connectivity index (χ3v) is 2.96. The minimum absolute atomic E-state index is 0.254. The molecule has 0 aliphatic heterocycles. The van der Waals surface area contributed by atoms with Gasteiger partial charge in [-0.3, -0.25) is 0 Å². The Hall–Kier alpha value is -2.22. The maximum absolute atomic E-state index is 10.1. The average molecular weight is 240 g/mol. The first-order valence-electron chi connectivity index (χ1n) is 5.75. The molecule has 0 saturated carbocycles. The summed E-state index contributed by atoms with van der Waals surface area (Å²) in [5.74, 6) is 0.974. The lowest BCUT2D eigenvalue weighted by Gasteiger charge is -2.12. The molecular weight excluding hydrogens is 224 g/mol. The van der Waals surface area contributed by atoms with Gasteiger partial charge >= 0.3 is 0 Å². The van der Waals surface area contributed by atoms with Crippen molar-refractivity contribution in [2.24, 2.45) is 0 Å². The normalized spacial score (nSPS) is 10.1. The molecule has 0 radical (unpaired) electrons. The van der Waals surface area contributed by atoms with Crippen molar-refractivity contribution in [3.05, 3.63) is 65.7 Å². The van der Waals surface area contributed by atoms with E-state index in [0.29, 0.717) is 5.56 Å². The molecule has 1 N–H and O–H groups in total. The summed E-state index contributed by atoms with van der Waals surface area (Å²) in [7, 11) is 1.61. The van der Waals surface area contributed by atoms with E-state index in [1.807, 2.05) is 37.3 Å². The fourth-order valence-corrected chi connectivity index (χ4v) is 1.89. The van der Waals surface area contributed by atoms with Gasteiger partial charge in [-0.25, -0.2) is 0 Å². The molecule has 18 heavy (non-hydrogen) atoms. The van der Waals surface area contributed by atoms with Crippen LogP contribution in [-0.2, 0) is 0 Å². The largest absolute Gasteiger partial charge is 0.507 e. The first kappa shape index (κ1) is 12.2. The summed E-state index contributed by atoms with van der Waals surface area (Å²) in [5.41, 5.74) is 3.26. The maximum Gasteiger partial charge on any atom is 0.126 e. The second-order valence-corrected chi connectivity index (χ2v) is 4.19. The van der Waals surface area contributed by atoms with Crippen LogP contribution in [0.1, 0.15) is 16.7 Å². The molecule has 2 aromatic rings. The molecule has 2 rings (SSSR count). The van der Waals surface area contributed by atoms with E-state index in [1.165, 1.54) is 0 Å². The number of benzene rings is 2. The van der Waals surface area contributed by atoms with Crippen LogP contribution in [0.5, 0.6) is 11.5 Å². The van der Waals surface area contributed by atoms with Gasteiger partial charge in [-0.1, -0.05) is 36.9 Å². The van der Waals surface area contributed by atoms with Gasteiger partial charge in [-0.2, -0.15) is 0 Å². The third-order valence-electron chi connectivity index (χ3n) is 2.96. The van der Waals surface area contributed by atoms with E-state index < -0.39 is 0 Å². The monoisotopic (exact) mass is 240 g/mol. The van der Waals surface area contributed by atoms with Crippen LogP contribution in [-0.4, -0.2) is 12.2 Å². The molecule has 0 saturated heterocycles. The number of phenolic OH excluding ortho intramolecular Hbond substituents is 1. The fourth-order valence-electron chi connectivity index (χ4n) is 1.89. The Bertz CT molecular complexity index is 571. The van der Waals surface area contributed by atoms with Crippen LogP contribution >= 0.6 is 0 Å². The predicted octanol–water partition coefficient (Wildman–Crippen LogP) is 3.77. The Labute approximate surface area is 107 Å². The quantitative estimate of drug-likeness (QED) is 0.884. The Balaban J connectivity index is 2.51. The molecule has 2 nitrogen and oxygen atoms in total. The maximum atomic E-state index is 10.1. The Morgan fingerprint density at radius 3 is 2.44 bits per heavy atom. The smallest absolute Gasteiger partial charge is 0.126 e. The Morgan fingerprint density at radius 1 is 1.17 bits per heavy atom. The number of phenols is 1. The number of hydrogen-bond acceptors (Lipinski definition) is 2. The van der Waals surface area contributed by atoms with Crippen LogP contribution in [0.4, 0.5) is 0 Å². The van der Waals surface area contributed by atoms with Gasteiger partial charge in [-0.15, -0.1) is 0 Å². The first-order chi connectivity index (χ1) is 8.63. The molecule has 0 atom stereocenters. The second-order valence-electron chi connectivity index (χ2n) is 4.19. The third kappa shape index (κ3) is 2.23. The van der Waals surface area contributed by atoms with Crippen molar-refractivity contribution >= 4 is 5.57 Å². The highest BCUT2D eigenvalue weighted by atomic mass is 16.5. The van der Waals surface area contributed by atoms with E-state index in [4.69, 9.17) is 4.74 Å². The molecule has 2 aromatic carbocycles. The average Bonchev–Trinajstić information content (AvgIpc) is 2.42. The number of ether oxygens (including phenoxy) is 1. The van der Waals surface area contributed by atoms with Gasteiger partial charge in [0, 0.05) is 5.56 Å². The van der Waals surface area contributed by atoms with Crippen molar-refractivity contribution in [1.82, 2.24) is 0 Å². The van der Waals surface area contributed by atoms with Crippen molar-refractivity contribution in [2.75, 3.05) is 7.11 Å². The summed E-state index contributed by atoms with van der Waals surface area (Å²) in [5, 5.41) is 10.1. The van der Waals surface area contributed by atoms with Crippen LogP contribution in [0.3, 0.4) is 0 Å². The highest BCUT2D eigenvalue weighted by Gasteiger charge is 2.11. The Kier molecular flexibility index (Phi) is 3.38. The van der Waals surface area contributed by atoms with Crippen molar-refractivity contribution in [1.29, 1.82) is 0 Å². The molecule has 0 aliphatic rings. The van der Waals surface area contributed by atoms with Gasteiger partial charge in [0.05, 0.1) is 7.11 Å². The summed E-state index contributed by atoms with van der Waals surface area (Å²) in [6.07, 6.45) is 0. The Morgan fingerprint density at radius 2 is 1.83 bits per heavy atom. The lowest BCUT2D eigenvalue weighted by Crippen LogP contribution is -1.92. The molecule has 0 aliphatic carbocycles. The SMILES string of the molecule is C=C(c1ccccc1)c1cc(OC)cc(C)c1O. The zero-order valence-corrected chi connectivity index (χ0v) is 10.6. The molecule has 0 unspecified atom stereocenters. The van der Waals surface area contributed by atoms with Crippen molar-refractivity contribution in [3.8, 4) is 11.5 Å². The van der Waals surface area contributed by atoms with Crippen LogP contribution in [0, 0.1) is 6.92 Å².